The van der Waals surface area contributed by atoms with Crippen LogP contribution in [0.4, 0.5) is 5.13 Å². The highest BCUT2D eigenvalue weighted by Gasteiger charge is 2.48. The number of Topliss-reactive ketones (excluding diaryl/α,β-unsaturated/α-hetero) is 1. The van der Waals surface area contributed by atoms with E-state index in [4.69, 9.17) is 14.2 Å². The fourth-order valence-corrected chi connectivity index (χ4v) is 4.58. The molecule has 2 aromatic carbocycles. The third-order valence-electron chi connectivity index (χ3n) is 5.45. The maximum atomic E-state index is 13.3. The summed E-state index contributed by atoms with van der Waals surface area (Å²) < 4.78 is 16.8. The number of aromatic nitrogens is 1. The number of nitrogens with zero attached hydrogens (tertiary/aromatic N) is 2. The number of thiazole rings is 1. The predicted octanol–water partition coefficient (Wildman–Crippen LogP) is 4.97. The van der Waals surface area contributed by atoms with Crippen molar-refractivity contribution < 1.29 is 28.9 Å². The van der Waals surface area contributed by atoms with Crippen LogP contribution >= 0.6 is 11.3 Å². The number of hydrogen-bond acceptors (Lipinski definition) is 8. The van der Waals surface area contributed by atoms with Crippen molar-refractivity contribution in [3.63, 3.8) is 0 Å². The number of ether oxygens (including phenoxy) is 3. The predicted molar refractivity (Wildman–Crippen MR) is 133 cm³/mol. The third kappa shape index (κ3) is 4.72. The van der Waals surface area contributed by atoms with Gasteiger partial charge in [0.15, 0.2) is 16.6 Å². The Morgan fingerprint density at radius 1 is 1.11 bits per heavy atom. The van der Waals surface area contributed by atoms with E-state index in [0.717, 1.165) is 6.42 Å². The van der Waals surface area contributed by atoms with Crippen molar-refractivity contribution in [3.05, 3.63) is 70.7 Å². The first-order chi connectivity index (χ1) is 17.0. The fraction of sp³-hybridized carbons (Fsp3) is 0.269. The molecule has 2 heterocycles. The molecular formula is C26H26N2O6S. The Bertz CT molecular complexity index is 1250. The molecule has 1 unspecified atom stereocenters. The molecule has 1 atom stereocenters. The SMILES string of the molecule is CCCOc1cccc(/C(O)=C2\C(=O)C(=O)N(c3nccs3)C2c2ccc(OCC)c(OC)c2)c1. The molecular weight excluding hydrogens is 468 g/mol. The molecule has 1 saturated heterocycles. The number of aliphatic hydroxyl groups excluding tert-OH is 1. The first-order valence-electron chi connectivity index (χ1n) is 11.2. The highest BCUT2D eigenvalue weighted by Crippen LogP contribution is 2.44. The Labute approximate surface area is 207 Å². The first-order valence-corrected chi connectivity index (χ1v) is 12.1. The number of ketones is 1. The van der Waals surface area contributed by atoms with E-state index in [-0.39, 0.29) is 11.3 Å². The molecule has 0 bridgehead atoms. The number of amides is 1. The highest BCUT2D eigenvalue weighted by molar-refractivity contribution is 7.14. The van der Waals surface area contributed by atoms with Crippen molar-refractivity contribution in [1.82, 2.24) is 4.98 Å². The van der Waals surface area contributed by atoms with Crippen molar-refractivity contribution in [2.24, 2.45) is 0 Å². The van der Waals surface area contributed by atoms with Gasteiger partial charge >= 0.3 is 5.91 Å². The summed E-state index contributed by atoms with van der Waals surface area (Å²) >= 11 is 1.23. The Morgan fingerprint density at radius 2 is 1.94 bits per heavy atom. The van der Waals surface area contributed by atoms with E-state index in [1.54, 1.807) is 54.0 Å². The van der Waals surface area contributed by atoms with Gasteiger partial charge in [-0.25, -0.2) is 4.98 Å². The molecule has 9 heteroatoms. The number of aliphatic hydroxyl groups is 1. The molecule has 1 amide bonds. The Morgan fingerprint density at radius 3 is 2.63 bits per heavy atom. The monoisotopic (exact) mass is 494 g/mol. The first kappa shape index (κ1) is 24.3. The van der Waals surface area contributed by atoms with Gasteiger partial charge in [-0.3, -0.25) is 14.5 Å². The summed E-state index contributed by atoms with van der Waals surface area (Å²) in [6.07, 6.45) is 2.39. The number of methoxy groups -OCH3 is 1. The molecule has 8 nitrogen and oxygen atoms in total. The average molecular weight is 495 g/mol. The van der Waals surface area contributed by atoms with Crippen molar-refractivity contribution in [1.29, 1.82) is 0 Å². The van der Waals surface area contributed by atoms with E-state index in [0.29, 0.717) is 46.7 Å². The number of carbonyl (C=O) groups is 2. The van der Waals surface area contributed by atoms with Crippen molar-refractivity contribution in [2.45, 2.75) is 26.3 Å². The Hall–Kier alpha value is -3.85. The average Bonchev–Trinajstić information content (AvgIpc) is 3.49. The number of hydrogen-bond donors (Lipinski definition) is 1. The quantitative estimate of drug-likeness (QED) is 0.255. The topological polar surface area (TPSA) is 98.2 Å². The highest BCUT2D eigenvalue weighted by atomic mass is 32.1. The summed E-state index contributed by atoms with van der Waals surface area (Å²) in [7, 11) is 1.52. The molecule has 4 rings (SSSR count). The van der Waals surface area contributed by atoms with Crippen LogP contribution in [0.3, 0.4) is 0 Å². The van der Waals surface area contributed by atoms with E-state index in [1.807, 2.05) is 13.8 Å². The van der Waals surface area contributed by atoms with Crippen LogP contribution in [0.1, 0.15) is 37.4 Å². The molecule has 1 fully saturated rings. The normalized spacial score (nSPS) is 17.0. The summed E-state index contributed by atoms with van der Waals surface area (Å²) in [6.45, 7) is 4.83. The van der Waals surface area contributed by atoms with Crippen LogP contribution in [0.15, 0.2) is 59.6 Å². The Balaban J connectivity index is 1.88. The van der Waals surface area contributed by atoms with Gasteiger partial charge < -0.3 is 19.3 Å². The third-order valence-corrected chi connectivity index (χ3v) is 6.22. The molecule has 35 heavy (non-hydrogen) atoms. The second-order valence-corrected chi connectivity index (χ2v) is 8.58. The number of rotatable bonds is 9. The summed E-state index contributed by atoms with van der Waals surface area (Å²) in [6, 6.07) is 11.1. The molecule has 1 aliphatic heterocycles. The van der Waals surface area contributed by atoms with Gasteiger partial charge in [0.1, 0.15) is 11.5 Å². The summed E-state index contributed by atoms with van der Waals surface area (Å²) in [5, 5.41) is 13.4. The lowest BCUT2D eigenvalue weighted by molar-refractivity contribution is -0.132. The van der Waals surface area contributed by atoms with Gasteiger partial charge in [0.05, 0.1) is 31.9 Å². The molecule has 0 saturated carbocycles. The van der Waals surface area contributed by atoms with Crippen molar-refractivity contribution in [2.75, 3.05) is 25.2 Å². The summed E-state index contributed by atoms with van der Waals surface area (Å²) in [5.74, 6) is -0.311. The van der Waals surface area contributed by atoms with Crippen molar-refractivity contribution in [3.8, 4) is 17.2 Å². The van der Waals surface area contributed by atoms with Crippen LogP contribution in [0.5, 0.6) is 17.2 Å². The number of carbonyl (C=O) groups excluding carboxylic acids is 2. The lowest BCUT2D eigenvalue weighted by Crippen LogP contribution is -2.29. The largest absolute Gasteiger partial charge is 0.507 e. The summed E-state index contributed by atoms with van der Waals surface area (Å²) in [4.78, 5) is 32.0. The van der Waals surface area contributed by atoms with Gasteiger partial charge in [-0.05, 0) is 43.2 Å². The van der Waals surface area contributed by atoms with Gasteiger partial charge in [-0.1, -0.05) is 25.1 Å². The molecule has 1 N–H and O–H groups in total. The number of anilines is 1. The van der Waals surface area contributed by atoms with Crippen LogP contribution in [0.25, 0.3) is 5.76 Å². The van der Waals surface area contributed by atoms with Gasteiger partial charge in [0, 0.05) is 17.1 Å². The van der Waals surface area contributed by atoms with E-state index >= 15 is 0 Å². The maximum Gasteiger partial charge on any atom is 0.301 e. The standard InChI is InChI=1S/C26H26N2O6S/c1-4-12-34-18-8-6-7-17(14-18)23(29)21-22(16-9-10-19(33-5-2)20(15-16)32-3)28(25(31)24(21)30)26-27-11-13-35-26/h6-11,13-15,22,29H,4-5,12H2,1-3H3/b23-21+. The fourth-order valence-electron chi connectivity index (χ4n) is 3.92. The Kier molecular flexibility index (Phi) is 7.36. The summed E-state index contributed by atoms with van der Waals surface area (Å²) in [5.41, 5.74) is 0.905. The van der Waals surface area contributed by atoms with E-state index in [9.17, 15) is 14.7 Å². The molecule has 3 aromatic rings. The van der Waals surface area contributed by atoms with Crippen LogP contribution in [-0.4, -0.2) is 42.1 Å². The van der Waals surface area contributed by atoms with Crippen LogP contribution in [-0.2, 0) is 9.59 Å². The van der Waals surface area contributed by atoms with Gasteiger partial charge in [-0.2, -0.15) is 0 Å². The molecule has 0 aliphatic carbocycles. The van der Waals surface area contributed by atoms with Gasteiger partial charge in [0.2, 0.25) is 0 Å². The van der Waals surface area contributed by atoms with Gasteiger partial charge in [-0.15, -0.1) is 11.3 Å². The lowest BCUT2D eigenvalue weighted by atomic mass is 9.95. The van der Waals surface area contributed by atoms with Crippen LogP contribution in [0, 0.1) is 0 Å². The van der Waals surface area contributed by atoms with E-state index < -0.39 is 17.7 Å². The van der Waals surface area contributed by atoms with E-state index in [2.05, 4.69) is 4.98 Å². The zero-order chi connectivity index (χ0) is 24.9. The van der Waals surface area contributed by atoms with Gasteiger partial charge in [0.25, 0.3) is 5.78 Å². The second kappa shape index (κ2) is 10.6. The smallest absolute Gasteiger partial charge is 0.301 e. The molecule has 182 valence electrons. The minimum absolute atomic E-state index is 0.0379. The van der Waals surface area contributed by atoms with E-state index in [1.165, 1.54) is 23.3 Å². The van der Waals surface area contributed by atoms with Crippen molar-refractivity contribution >= 4 is 33.9 Å². The molecule has 1 aliphatic rings. The minimum Gasteiger partial charge on any atom is -0.507 e. The molecule has 0 radical (unpaired) electrons. The molecule has 1 aromatic heterocycles. The second-order valence-electron chi connectivity index (χ2n) is 7.70. The zero-order valence-corrected chi connectivity index (χ0v) is 20.5. The maximum absolute atomic E-state index is 13.3. The van der Waals surface area contributed by atoms with Crippen LogP contribution < -0.4 is 19.1 Å². The zero-order valence-electron chi connectivity index (χ0n) is 19.7. The number of benzene rings is 2. The van der Waals surface area contributed by atoms with Crippen LogP contribution in [0.2, 0.25) is 0 Å². The minimum atomic E-state index is -0.911. The molecule has 0 spiro atoms. The lowest BCUT2D eigenvalue weighted by Gasteiger charge is -2.24.